The topological polar surface area (TPSA) is 59.6 Å². The number of nitrogens with zero attached hydrogens (tertiary/aromatic N) is 2. The summed E-state index contributed by atoms with van der Waals surface area (Å²) < 4.78 is 13.1. The molecule has 0 spiro atoms. The Morgan fingerprint density at radius 3 is 2.70 bits per heavy atom. The monoisotopic (exact) mass is 409 g/mol. The number of carbonyl (C=O) groups excluding carboxylic acids is 1. The number of fused-ring (bicyclic) bond motifs is 1. The van der Waals surface area contributed by atoms with Crippen molar-refractivity contribution < 1.29 is 14.3 Å². The van der Waals surface area contributed by atoms with Crippen molar-refractivity contribution in [2.75, 3.05) is 26.7 Å². The molecule has 1 fully saturated rings. The normalized spacial score (nSPS) is 19.9. The Morgan fingerprint density at radius 1 is 1.17 bits per heavy atom. The van der Waals surface area contributed by atoms with Gasteiger partial charge in [-0.2, -0.15) is 0 Å². The van der Waals surface area contributed by atoms with Crippen molar-refractivity contribution in [2.24, 2.45) is 0 Å². The highest BCUT2D eigenvalue weighted by Crippen LogP contribution is 2.25. The smallest absolute Gasteiger partial charge is 0.270 e. The molecule has 2 N–H and O–H groups in total. The van der Waals surface area contributed by atoms with Crippen molar-refractivity contribution in [3.8, 4) is 0 Å². The van der Waals surface area contributed by atoms with Gasteiger partial charge in [0.2, 0.25) is 0 Å². The first-order chi connectivity index (χ1) is 14.4. The van der Waals surface area contributed by atoms with Crippen molar-refractivity contribution in [3.63, 3.8) is 0 Å². The lowest BCUT2D eigenvalue weighted by molar-refractivity contribution is -0.00402. The molecule has 158 valence electrons. The quantitative estimate of drug-likeness (QED) is 0.674. The van der Waals surface area contributed by atoms with Gasteiger partial charge in [0.15, 0.2) is 0 Å². The van der Waals surface area contributed by atoms with Gasteiger partial charge in [-0.05, 0) is 56.1 Å². The summed E-state index contributed by atoms with van der Waals surface area (Å²) in [6, 6.07) is 16.2. The summed E-state index contributed by atoms with van der Waals surface area (Å²) in [7, 11) is 1.96. The Hall–Kier alpha value is -2.70. The van der Waals surface area contributed by atoms with Crippen molar-refractivity contribution in [1.29, 1.82) is 0 Å². The van der Waals surface area contributed by atoms with Gasteiger partial charge in [0, 0.05) is 37.1 Å². The molecule has 2 aromatic carbocycles. The van der Waals surface area contributed by atoms with Gasteiger partial charge in [0.25, 0.3) is 5.91 Å². The SMILES string of the molecule is CN(Cc1ccc(F)cc1)C[C@@]1(O)CCCN(C(=O)c2cc3ccccc3[nH]2)CC1. The average Bonchev–Trinajstić information content (AvgIpc) is 3.06. The summed E-state index contributed by atoms with van der Waals surface area (Å²) >= 11 is 0. The van der Waals surface area contributed by atoms with Crippen LogP contribution >= 0.6 is 0 Å². The number of rotatable bonds is 5. The first-order valence-corrected chi connectivity index (χ1v) is 10.4. The Bertz CT molecular complexity index is 984. The van der Waals surface area contributed by atoms with E-state index < -0.39 is 5.60 Å². The van der Waals surface area contributed by atoms with E-state index in [-0.39, 0.29) is 11.7 Å². The van der Waals surface area contributed by atoms with E-state index in [9.17, 15) is 14.3 Å². The standard InChI is InChI=1S/C24H28FN3O2/c1-27(16-18-7-9-20(25)10-8-18)17-24(30)11-4-13-28(14-12-24)23(29)22-15-19-5-2-3-6-21(19)26-22/h2-3,5-10,15,26,30H,4,11-14,16-17H2,1H3/t24-/m1/s1. The van der Waals surface area contributed by atoms with E-state index in [0.29, 0.717) is 44.7 Å². The second-order valence-electron chi connectivity index (χ2n) is 8.44. The van der Waals surface area contributed by atoms with E-state index >= 15 is 0 Å². The van der Waals surface area contributed by atoms with Gasteiger partial charge in [-0.15, -0.1) is 0 Å². The minimum absolute atomic E-state index is 0.0184. The Labute approximate surface area is 176 Å². The van der Waals surface area contributed by atoms with Crippen LogP contribution in [0, 0.1) is 5.82 Å². The van der Waals surface area contributed by atoms with Crippen molar-refractivity contribution in [3.05, 3.63) is 71.7 Å². The van der Waals surface area contributed by atoms with Crippen molar-refractivity contribution in [1.82, 2.24) is 14.8 Å². The molecule has 1 saturated heterocycles. The summed E-state index contributed by atoms with van der Waals surface area (Å²) in [6.45, 7) is 2.31. The number of aromatic nitrogens is 1. The van der Waals surface area contributed by atoms with E-state index in [2.05, 4.69) is 9.88 Å². The van der Waals surface area contributed by atoms with Gasteiger partial charge in [0.05, 0.1) is 5.60 Å². The number of H-pyrrole nitrogens is 1. The van der Waals surface area contributed by atoms with Crippen LogP contribution in [-0.2, 0) is 6.54 Å². The van der Waals surface area contributed by atoms with Gasteiger partial charge >= 0.3 is 0 Å². The minimum atomic E-state index is -0.843. The third-order valence-electron chi connectivity index (χ3n) is 5.89. The maximum Gasteiger partial charge on any atom is 0.270 e. The maximum absolute atomic E-state index is 13.1. The molecule has 2 heterocycles. The summed E-state index contributed by atoms with van der Waals surface area (Å²) in [5.41, 5.74) is 1.71. The van der Waals surface area contributed by atoms with Crippen molar-refractivity contribution >= 4 is 16.8 Å². The zero-order valence-corrected chi connectivity index (χ0v) is 17.3. The molecule has 3 aromatic rings. The number of likely N-dealkylation sites (tertiary alicyclic amines) is 1. The number of carbonyl (C=O) groups is 1. The predicted molar refractivity (Wildman–Crippen MR) is 116 cm³/mol. The largest absolute Gasteiger partial charge is 0.388 e. The summed E-state index contributed by atoms with van der Waals surface area (Å²) in [4.78, 5) is 20.1. The van der Waals surface area contributed by atoms with Crippen LogP contribution in [0.2, 0.25) is 0 Å². The second kappa shape index (κ2) is 8.58. The zero-order chi connectivity index (χ0) is 21.1. The van der Waals surface area contributed by atoms with Crippen molar-refractivity contribution in [2.45, 2.75) is 31.4 Å². The molecule has 4 rings (SSSR count). The van der Waals surface area contributed by atoms with E-state index in [1.807, 2.05) is 42.3 Å². The molecule has 0 saturated carbocycles. The number of likely N-dealkylation sites (N-methyl/N-ethyl adjacent to an activating group) is 1. The van der Waals surface area contributed by atoms with Crippen LogP contribution < -0.4 is 0 Å². The van der Waals surface area contributed by atoms with Crippen LogP contribution in [-0.4, -0.2) is 58.1 Å². The van der Waals surface area contributed by atoms with Crippen LogP contribution in [0.25, 0.3) is 10.9 Å². The lowest BCUT2D eigenvalue weighted by Crippen LogP contribution is -2.42. The number of aliphatic hydroxyl groups is 1. The molecule has 6 heteroatoms. The second-order valence-corrected chi connectivity index (χ2v) is 8.44. The average molecular weight is 410 g/mol. The molecular formula is C24H28FN3O2. The van der Waals surface area contributed by atoms with Crippen LogP contribution in [0.15, 0.2) is 54.6 Å². The summed E-state index contributed by atoms with van der Waals surface area (Å²) in [5.74, 6) is -0.265. The molecule has 1 aliphatic heterocycles. The fourth-order valence-corrected chi connectivity index (χ4v) is 4.36. The molecule has 0 bridgehead atoms. The van der Waals surface area contributed by atoms with Crippen LogP contribution in [0.1, 0.15) is 35.3 Å². The molecule has 5 nitrogen and oxygen atoms in total. The molecular weight excluding hydrogens is 381 g/mol. The number of hydrogen-bond donors (Lipinski definition) is 2. The Kier molecular flexibility index (Phi) is 5.88. The van der Waals surface area contributed by atoms with Gasteiger partial charge < -0.3 is 15.0 Å². The van der Waals surface area contributed by atoms with Gasteiger partial charge in [0.1, 0.15) is 11.5 Å². The third kappa shape index (κ3) is 4.71. The molecule has 1 amide bonds. The number of benzene rings is 2. The van der Waals surface area contributed by atoms with Crippen LogP contribution in [0.3, 0.4) is 0 Å². The zero-order valence-electron chi connectivity index (χ0n) is 17.3. The maximum atomic E-state index is 13.1. The molecule has 30 heavy (non-hydrogen) atoms. The molecule has 1 atom stereocenters. The fraction of sp³-hybridized carbons (Fsp3) is 0.375. The molecule has 1 aromatic heterocycles. The minimum Gasteiger partial charge on any atom is -0.388 e. The van der Waals surface area contributed by atoms with Crippen LogP contribution in [0.5, 0.6) is 0 Å². The third-order valence-corrected chi connectivity index (χ3v) is 5.89. The van der Waals surface area contributed by atoms with E-state index in [1.54, 1.807) is 12.1 Å². The number of hydrogen-bond acceptors (Lipinski definition) is 3. The van der Waals surface area contributed by atoms with E-state index in [0.717, 1.165) is 22.9 Å². The van der Waals surface area contributed by atoms with Gasteiger partial charge in [-0.25, -0.2) is 4.39 Å². The molecule has 1 aliphatic rings. The lowest BCUT2D eigenvalue weighted by Gasteiger charge is -2.31. The van der Waals surface area contributed by atoms with Gasteiger partial charge in [-0.1, -0.05) is 30.3 Å². The first kappa shape index (κ1) is 20.6. The highest BCUT2D eigenvalue weighted by molar-refractivity contribution is 5.98. The molecule has 0 aliphatic carbocycles. The predicted octanol–water partition coefficient (Wildman–Crippen LogP) is 3.80. The highest BCUT2D eigenvalue weighted by atomic mass is 19.1. The number of para-hydroxylation sites is 1. The fourth-order valence-electron chi connectivity index (χ4n) is 4.36. The number of halogens is 1. The summed E-state index contributed by atoms with van der Waals surface area (Å²) in [5, 5.41) is 12.2. The van der Waals surface area contributed by atoms with E-state index in [4.69, 9.17) is 0 Å². The Morgan fingerprint density at radius 2 is 1.93 bits per heavy atom. The number of aromatic amines is 1. The van der Waals surface area contributed by atoms with Crippen LogP contribution in [0.4, 0.5) is 4.39 Å². The highest BCUT2D eigenvalue weighted by Gasteiger charge is 2.33. The molecule has 0 unspecified atom stereocenters. The lowest BCUT2D eigenvalue weighted by atomic mass is 9.94. The van der Waals surface area contributed by atoms with Gasteiger partial charge in [-0.3, -0.25) is 9.69 Å². The number of amides is 1. The number of nitrogens with one attached hydrogen (secondary N) is 1. The Balaban J connectivity index is 1.37. The summed E-state index contributed by atoms with van der Waals surface area (Å²) in [6.07, 6.45) is 1.94. The molecule has 0 radical (unpaired) electrons. The van der Waals surface area contributed by atoms with E-state index in [1.165, 1.54) is 12.1 Å². The first-order valence-electron chi connectivity index (χ1n) is 10.4.